The molecule has 3 atom stereocenters. The maximum Gasteiger partial charge on any atom is 0.326 e. The Morgan fingerprint density at radius 1 is 0.883 bits per heavy atom. The monoisotopic (exact) mass is 842 g/mol. The highest BCUT2D eigenvalue weighted by atomic mass is 35.5. The number of amides is 3. The molecule has 3 amide bonds. The molecule has 5 aromatic carbocycles. The lowest BCUT2D eigenvalue weighted by Gasteiger charge is -2.39. The van der Waals surface area contributed by atoms with Gasteiger partial charge in [0.15, 0.2) is 0 Å². The van der Waals surface area contributed by atoms with Crippen molar-refractivity contribution >= 4 is 52.6 Å². The molecular weight excluding hydrogens is 803 g/mol. The number of benzene rings is 5. The number of nitrogens with zero attached hydrogens (tertiary/aromatic N) is 2. The van der Waals surface area contributed by atoms with Crippen molar-refractivity contribution < 1.29 is 33.8 Å². The number of ether oxygens (including phenoxy) is 2. The smallest absolute Gasteiger partial charge is 0.326 e. The van der Waals surface area contributed by atoms with Crippen molar-refractivity contribution in [3.63, 3.8) is 0 Å². The average Bonchev–Trinajstić information content (AvgIpc) is 3.81. The molecule has 3 N–H and O–H groups in total. The third kappa shape index (κ3) is 8.81. The Morgan fingerprint density at radius 3 is 2.23 bits per heavy atom. The number of nitriles is 1. The highest BCUT2D eigenvalue weighted by Gasteiger charge is 2.40. The number of carboxylic acid groups (broad SMARTS) is 1. The van der Waals surface area contributed by atoms with E-state index >= 15 is 0 Å². The number of rotatable bonds is 11. The topological polar surface area (TPSA) is 158 Å². The van der Waals surface area contributed by atoms with E-state index in [1.165, 1.54) is 0 Å². The molecule has 11 nitrogen and oxygen atoms in total. The molecule has 1 aliphatic carbocycles. The fourth-order valence-electron chi connectivity index (χ4n) is 8.09. The number of aliphatic carboxylic acids is 1. The summed E-state index contributed by atoms with van der Waals surface area (Å²) in [6.45, 7) is 0.396. The van der Waals surface area contributed by atoms with E-state index in [9.17, 15) is 24.3 Å². The van der Waals surface area contributed by atoms with Crippen LogP contribution < -0.4 is 20.1 Å². The van der Waals surface area contributed by atoms with E-state index in [4.69, 9.17) is 37.9 Å². The quantitative estimate of drug-likeness (QED) is 0.120. The second-order valence-corrected chi connectivity index (χ2v) is 16.2. The predicted octanol–water partition coefficient (Wildman–Crippen LogP) is 8.44. The van der Waals surface area contributed by atoms with Crippen LogP contribution in [0.4, 0.5) is 5.69 Å². The van der Waals surface area contributed by atoms with Crippen LogP contribution in [0.5, 0.6) is 11.5 Å². The molecule has 13 heteroatoms. The summed E-state index contributed by atoms with van der Waals surface area (Å²) in [5, 5.41) is 25.9. The molecule has 304 valence electrons. The molecule has 1 saturated carbocycles. The molecule has 0 radical (unpaired) electrons. The molecular formula is C47H40Cl2N4O7. The Bertz CT molecular complexity index is 2500. The summed E-state index contributed by atoms with van der Waals surface area (Å²) in [5.74, 6) is -1.45. The minimum atomic E-state index is -1.25. The summed E-state index contributed by atoms with van der Waals surface area (Å²) in [7, 11) is 0. The van der Waals surface area contributed by atoms with Crippen LogP contribution in [-0.4, -0.2) is 45.8 Å². The van der Waals surface area contributed by atoms with Crippen molar-refractivity contribution in [1.82, 2.24) is 10.2 Å². The van der Waals surface area contributed by atoms with Crippen LogP contribution in [0.2, 0.25) is 10.0 Å². The van der Waals surface area contributed by atoms with E-state index in [1.807, 2.05) is 48.5 Å². The summed E-state index contributed by atoms with van der Waals surface area (Å²) < 4.78 is 12.2. The SMILES string of the molecule is N#Cc1ccc(-c2ccc(C[C@H](NC(=O)C3Cc4cc5c(cc4CN3C(=O)C3CCCC3)O[C@@H](c3ccc(OCc4ccc(Cl)c(Cl)c4)cc3)C(=O)N5)C(=O)O)cc2)cc1. The van der Waals surface area contributed by atoms with Gasteiger partial charge in [-0.05, 0) is 94.8 Å². The van der Waals surface area contributed by atoms with E-state index in [1.54, 1.807) is 59.5 Å². The second kappa shape index (κ2) is 17.5. The number of hydrogen-bond donors (Lipinski definition) is 3. The minimum Gasteiger partial charge on any atom is -0.489 e. The van der Waals surface area contributed by atoms with Crippen molar-refractivity contribution in [2.24, 2.45) is 5.92 Å². The van der Waals surface area contributed by atoms with E-state index < -0.39 is 30.1 Å². The molecule has 2 heterocycles. The molecule has 1 unspecified atom stereocenters. The van der Waals surface area contributed by atoms with E-state index in [-0.39, 0.29) is 43.7 Å². The maximum absolute atomic E-state index is 14.1. The van der Waals surface area contributed by atoms with Gasteiger partial charge in [-0.25, -0.2) is 4.79 Å². The Balaban J connectivity index is 0.974. The Kier molecular flexibility index (Phi) is 11.8. The lowest BCUT2D eigenvalue weighted by molar-refractivity contribution is -0.147. The molecule has 60 heavy (non-hydrogen) atoms. The van der Waals surface area contributed by atoms with Crippen LogP contribution >= 0.6 is 23.2 Å². The molecule has 0 saturated heterocycles. The molecule has 1 fully saturated rings. The number of nitrogens with one attached hydrogen (secondary N) is 2. The molecule has 3 aliphatic rings. The number of fused-ring (bicyclic) bond motifs is 2. The summed E-state index contributed by atoms with van der Waals surface area (Å²) in [4.78, 5) is 55.8. The lowest BCUT2D eigenvalue weighted by Crippen LogP contribution is -2.56. The van der Waals surface area contributed by atoms with Gasteiger partial charge in [-0.3, -0.25) is 14.4 Å². The van der Waals surface area contributed by atoms with Crippen molar-refractivity contribution in [1.29, 1.82) is 5.26 Å². The number of halogens is 2. The maximum atomic E-state index is 14.1. The summed E-state index contributed by atoms with van der Waals surface area (Å²) >= 11 is 12.2. The number of hydrogen-bond acceptors (Lipinski definition) is 7. The summed E-state index contributed by atoms with van der Waals surface area (Å²) in [6.07, 6.45) is 2.52. The third-order valence-electron chi connectivity index (χ3n) is 11.4. The predicted molar refractivity (Wildman–Crippen MR) is 226 cm³/mol. The van der Waals surface area contributed by atoms with Crippen LogP contribution in [0.15, 0.2) is 103 Å². The van der Waals surface area contributed by atoms with Crippen molar-refractivity contribution in [2.45, 2.75) is 69.9 Å². The number of anilines is 1. The molecule has 5 aromatic rings. The number of carbonyl (C=O) groups is 4. The average molecular weight is 844 g/mol. The van der Waals surface area contributed by atoms with Gasteiger partial charge >= 0.3 is 5.97 Å². The highest BCUT2D eigenvalue weighted by molar-refractivity contribution is 6.42. The first-order chi connectivity index (χ1) is 29.0. The minimum absolute atomic E-state index is 0.0289. The van der Waals surface area contributed by atoms with Gasteiger partial charge in [0.25, 0.3) is 5.91 Å². The summed E-state index contributed by atoms with van der Waals surface area (Å²) in [6, 6.07) is 30.4. The van der Waals surface area contributed by atoms with Gasteiger partial charge in [0.2, 0.25) is 17.9 Å². The fraction of sp³-hybridized carbons (Fsp3) is 0.255. The standard InChI is InChI=1S/C47H40Cl2N4O7/c48-37-18-9-29(19-38(37)49)26-59-36-16-14-32(15-17-36)43-45(55)51-39-21-34-22-41(53(25-35(34)23-42(39)60-43)46(56)33-3-1-2-4-33)44(54)52-40(47(57)58)20-27-5-10-30(11-6-27)31-12-7-28(24-50)8-13-31/h5-19,21,23,33,40-41,43H,1-4,20,22,25-26H2,(H,51,55)(H,52,54)(H,57,58)/t40-,41?,43-/m0/s1. The van der Waals surface area contributed by atoms with Gasteiger partial charge in [-0.2, -0.15) is 5.26 Å². The Morgan fingerprint density at radius 2 is 1.57 bits per heavy atom. The van der Waals surface area contributed by atoms with Gasteiger partial charge in [-0.15, -0.1) is 0 Å². The fourth-order valence-corrected chi connectivity index (χ4v) is 8.41. The van der Waals surface area contributed by atoms with Gasteiger partial charge < -0.3 is 30.1 Å². The van der Waals surface area contributed by atoms with Crippen LogP contribution in [0.25, 0.3) is 11.1 Å². The first kappa shape index (κ1) is 40.4. The van der Waals surface area contributed by atoms with Gasteiger partial charge in [0, 0.05) is 30.9 Å². The zero-order valence-electron chi connectivity index (χ0n) is 32.3. The number of carbonyl (C=O) groups excluding carboxylic acids is 3. The van der Waals surface area contributed by atoms with Crippen LogP contribution in [-0.2, 0) is 45.2 Å². The highest BCUT2D eigenvalue weighted by Crippen LogP contribution is 2.41. The third-order valence-corrected chi connectivity index (χ3v) is 12.1. The van der Waals surface area contributed by atoms with E-state index in [0.717, 1.165) is 53.5 Å². The molecule has 0 bridgehead atoms. The van der Waals surface area contributed by atoms with E-state index in [2.05, 4.69) is 16.7 Å². The van der Waals surface area contributed by atoms with Crippen molar-refractivity contribution in [3.8, 4) is 28.7 Å². The van der Waals surface area contributed by atoms with Gasteiger partial charge in [-0.1, -0.05) is 90.6 Å². The van der Waals surface area contributed by atoms with Crippen LogP contribution in [0.1, 0.15) is 65.2 Å². The zero-order chi connectivity index (χ0) is 41.9. The zero-order valence-corrected chi connectivity index (χ0v) is 33.8. The number of carboxylic acids is 1. The van der Waals surface area contributed by atoms with Crippen molar-refractivity contribution in [2.75, 3.05) is 5.32 Å². The Hall–Kier alpha value is -6.35. The molecule has 8 rings (SSSR count). The second-order valence-electron chi connectivity index (χ2n) is 15.4. The van der Waals surface area contributed by atoms with Crippen LogP contribution in [0, 0.1) is 17.2 Å². The van der Waals surface area contributed by atoms with E-state index in [0.29, 0.717) is 43.9 Å². The normalized spacial score (nSPS) is 17.6. The molecule has 0 aromatic heterocycles. The van der Waals surface area contributed by atoms with Gasteiger partial charge in [0.05, 0.1) is 27.4 Å². The van der Waals surface area contributed by atoms with Crippen molar-refractivity contribution in [3.05, 3.63) is 147 Å². The van der Waals surface area contributed by atoms with Gasteiger partial charge in [0.1, 0.15) is 30.2 Å². The first-order valence-corrected chi connectivity index (χ1v) is 20.5. The first-order valence-electron chi connectivity index (χ1n) is 19.8. The Labute approximate surface area is 356 Å². The summed E-state index contributed by atoms with van der Waals surface area (Å²) in [5.41, 5.74) is 6.51. The lowest BCUT2D eigenvalue weighted by atomic mass is 9.90. The molecule has 2 aliphatic heterocycles. The molecule has 0 spiro atoms. The van der Waals surface area contributed by atoms with Crippen LogP contribution in [0.3, 0.4) is 0 Å². The largest absolute Gasteiger partial charge is 0.489 e.